The molecule has 3 amide bonds. The summed E-state index contributed by atoms with van der Waals surface area (Å²) in [6, 6.07) is 6.58. The van der Waals surface area contributed by atoms with E-state index in [4.69, 9.17) is 11.5 Å². The van der Waals surface area contributed by atoms with Gasteiger partial charge in [-0.3, -0.25) is 9.69 Å². The van der Waals surface area contributed by atoms with Crippen LogP contribution in [0.1, 0.15) is 62.7 Å². The standard InChI is InChI=1S/C20H27N3O2/c1-18-7-13-8-19(2,10-18)12-20(9-13,11-18)23(17(22)25)15-5-3-4-14(6-15)16(21)24/h3-6,13H,7-12H2,1-2H3,(H2,21,24)(H2,22,25). The molecule has 5 rings (SSSR count). The van der Waals surface area contributed by atoms with Crippen LogP contribution in [0.5, 0.6) is 0 Å². The first-order valence-corrected chi connectivity index (χ1v) is 9.13. The van der Waals surface area contributed by atoms with Crippen LogP contribution in [0.3, 0.4) is 0 Å². The minimum absolute atomic E-state index is 0.245. The Morgan fingerprint density at radius 2 is 1.68 bits per heavy atom. The number of amides is 3. The molecule has 5 nitrogen and oxygen atoms in total. The summed E-state index contributed by atoms with van der Waals surface area (Å²) in [6.45, 7) is 4.73. The van der Waals surface area contributed by atoms with Crippen molar-refractivity contribution in [2.75, 3.05) is 4.90 Å². The highest BCUT2D eigenvalue weighted by atomic mass is 16.2. The third kappa shape index (κ3) is 2.52. The van der Waals surface area contributed by atoms with E-state index in [1.807, 2.05) is 6.07 Å². The van der Waals surface area contributed by atoms with Crippen molar-refractivity contribution in [3.8, 4) is 0 Å². The largest absolute Gasteiger partial charge is 0.366 e. The molecule has 4 fully saturated rings. The third-order valence-electron chi connectivity index (χ3n) is 6.68. The molecular weight excluding hydrogens is 314 g/mol. The number of urea groups is 1. The van der Waals surface area contributed by atoms with Crippen LogP contribution in [-0.4, -0.2) is 17.5 Å². The lowest BCUT2D eigenvalue weighted by atomic mass is 9.42. The number of carbonyl (C=O) groups is 2. The molecule has 4 saturated carbocycles. The Balaban J connectivity index is 1.81. The molecule has 4 N–H and O–H groups in total. The monoisotopic (exact) mass is 341 g/mol. The second-order valence-electron chi connectivity index (χ2n) is 9.44. The molecule has 4 bridgehead atoms. The maximum absolute atomic E-state index is 12.5. The predicted molar refractivity (Wildman–Crippen MR) is 97.2 cm³/mol. The van der Waals surface area contributed by atoms with Crippen LogP contribution in [0.4, 0.5) is 10.5 Å². The normalized spacial score (nSPS) is 38.6. The Labute approximate surface area is 148 Å². The second kappa shape index (κ2) is 4.99. The van der Waals surface area contributed by atoms with E-state index in [1.54, 1.807) is 23.1 Å². The van der Waals surface area contributed by atoms with E-state index in [2.05, 4.69) is 13.8 Å². The van der Waals surface area contributed by atoms with E-state index in [0.717, 1.165) is 19.3 Å². The van der Waals surface area contributed by atoms with Gasteiger partial charge in [0.05, 0.1) is 5.54 Å². The molecule has 1 aromatic rings. The van der Waals surface area contributed by atoms with Crippen LogP contribution in [0.15, 0.2) is 24.3 Å². The molecule has 1 aromatic carbocycles. The highest BCUT2D eigenvalue weighted by Crippen LogP contribution is 2.68. The number of nitrogens with zero attached hydrogens (tertiary/aromatic N) is 1. The van der Waals surface area contributed by atoms with E-state index in [1.165, 1.54) is 19.3 Å². The van der Waals surface area contributed by atoms with Crippen LogP contribution >= 0.6 is 0 Å². The number of primary amides is 2. The average Bonchev–Trinajstić information content (AvgIpc) is 2.42. The van der Waals surface area contributed by atoms with Crippen molar-refractivity contribution in [1.82, 2.24) is 0 Å². The van der Waals surface area contributed by atoms with Gasteiger partial charge in [0.2, 0.25) is 5.91 Å². The molecule has 0 aliphatic heterocycles. The van der Waals surface area contributed by atoms with Gasteiger partial charge in [-0.15, -0.1) is 0 Å². The van der Waals surface area contributed by atoms with E-state index in [9.17, 15) is 9.59 Å². The van der Waals surface area contributed by atoms with E-state index in [-0.39, 0.29) is 16.4 Å². The lowest BCUT2D eigenvalue weighted by molar-refractivity contribution is -0.104. The van der Waals surface area contributed by atoms with Gasteiger partial charge < -0.3 is 11.5 Å². The number of rotatable bonds is 3. The summed E-state index contributed by atoms with van der Waals surface area (Å²) in [7, 11) is 0. The summed E-state index contributed by atoms with van der Waals surface area (Å²) in [4.78, 5) is 25.9. The molecule has 2 unspecified atom stereocenters. The van der Waals surface area contributed by atoms with Crippen molar-refractivity contribution in [3.05, 3.63) is 29.8 Å². The fraction of sp³-hybridized carbons (Fsp3) is 0.600. The SMILES string of the molecule is CC12CC3CC(C)(C1)CC(N(C(N)=O)c1cccc(C(N)=O)c1)(C3)C2. The van der Waals surface area contributed by atoms with Crippen molar-refractivity contribution in [2.24, 2.45) is 28.2 Å². The van der Waals surface area contributed by atoms with Gasteiger partial charge >= 0.3 is 6.03 Å². The summed E-state index contributed by atoms with van der Waals surface area (Å²) in [5.74, 6) is 0.156. The zero-order valence-corrected chi connectivity index (χ0v) is 15.0. The Bertz CT molecular complexity index is 741. The summed E-state index contributed by atoms with van der Waals surface area (Å²) in [6.07, 6.45) is 6.69. The van der Waals surface area contributed by atoms with Gasteiger partial charge in [0.25, 0.3) is 0 Å². The summed E-state index contributed by atoms with van der Waals surface area (Å²) >= 11 is 0. The van der Waals surface area contributed by atoms with E-state index < -0.39 is 11.9 Å². The van der Waals surface area contributed by atoms with Crippen molar-refractivity contribution < 1.29 is 9.59 Å². The Kier molecular flexibility index (Phi) is 3.28. The fourth-order valence-electron chi connectivity index (χ4n) is 7.07. The molecule has 0 aromatic heterocycles. The molecule has 0 saturated heterocycles. The topological polar surface area (TPSA) is 89.4 Å². The summed E-state index contributed by atoms with van der Waals surface area (Å²) < 4.78 is 0. The number of anilines is 1. The van der Waals surface area contributed by atoms with Crippen molar-refractivity contribution in [3.63, 3.8) is 0 Å². The highest BCUT2D eigenvalue weighted by Gasteiger charge is 2.62. The van der Waals surface area contributed by atoms with E-state index >= 15 is 0 Å². The lowest BCUT2D eigenvalue weighted by Crippen LogP contribution is -2.67. The predicted octanol–water partition coefficient (Wildman–Crippen LogP) is 3.42. The minimum atomic E-state index is -0.490. The van der Waals surface area contributed by atoms with Crippen LogP contribution in [0, 0.1) is 16.7 Å². The zero-order chi connectivity index (χ0) is 18.0. The zero-order valence-electron chi connectivity index (χ0n) is 15.0. The van der Waals surface area contributed by atoms with Gasteiger partial charge in [-0.25, -0.2) is 4.79 Å². The third-order valence-corrected chi connectivity index (χ3v) is 6.68. The molecule has 5 heteroatoms. The first kappa shape index (κ1) is 16.4. The number of carbonyl (C=O) groups excluding carboxylic acids is 2. The van der Waals surface area contributed by atoms with Crippen molar-refractivity contribution in [2.45, 2.75) is 57.9 Å². The fourth-order valence-corrected chi connectivity index (χ4v) is 7.07. The Morgan fingerprint density at radius 1 is 1.04 bits per heavy atom. The first-order chi connectivity index (χ1) is 11.6. The van der Waals surface area contributed by atoms with Gasteiger partial charge in [-0.1, -0.05) is 19.9 Å². The Hall–Kier alpha value is -2.04. The molecule has 4 aliphatic carbocycles. The van der Waals surface area contributed by atoms with Crippen LogP contribution in [0.2, 0.25) is 0 Å². The van der Waals surface area contributed by atoms with Crippen molar-refractivity contribution in [1.29, 1.82) is 0 Å². The molecule has 0 radical (unpaired) electrons. The highest BCUT2D eigenvalue weighted by molar-refractivity contribution is 5.97. The second-order valence-corrected chi connectivity index (χ2v) is 9.44. The molecule has 0 heterocycles. The maximum Gasteiger partial charge on any atom is 0.319 e. The average molecular weight is 341 g/mol. The van der Waals surface area contributed by atoms with Gasteiger partial charge in [-0.2, -0.15) is 0 Å². The summed E-state index contributed by atoms with van der Waals surface area (Å²) in [5, 5.41) is 0. The molecular formula is C20H27N3O2. The van der Waals surface area contributed by atoms with Gasteiger partial charge in [-0.05, 0) is 73.5 Å². The smallest absolute Gasteiger partial charge is 0.319 e. The quantitative estimate of drug-likeness (QED) is 0.882. The molecule has 0 spiro atoms. The first-order valence-electron chi connectivity index (χ1n) is 9.13. The molecule has 2 atom stereocenters. The molecule has 4 aliphatic rings. The van der Waals surface area contributed by atoms with E-state index in [0.29, 0.717) is 17.2 Å². The van der Waals surface area contributed by atoms with Crippen LogP contribution in [-0.2, 0) is 0 Å². The van der Waals surface area contributed by atoms with Gasteiger partial charge in [0.1, 0.15) is 0 Å². The van der Waals surface area contributed by atoms with Crippen LogP contribution in [0.25, 0.3) is 0 Å². The number of benzene rings is 1. The number of nitrogens with two attached hydrogens (primary N) is 2. The van der Waals surface area contributed by atoms with Gasteiger partial charge in [0.15, 0.2) is 0 Å². The van der Waals surface area contributed by atoms with Crippen molar-refractivity contribution >= 4 is 17.6 Å². The maximum atomic E-state index is 12.5. The van der Waals surface area contributed by atoms with Crippen LogP contribution < -0.4 is 16.4 Å². The summed E-state index contributed by atoms with van der Waals surface area (Å²) in [5.41, 5.74) is 12.7. The van der Waals surface area contributed by atoms with Gasteiger partial charge in [0, 0.05) is 11.3 Å². The molecule has 134 valence electrons. The minimum Gasteiger partial charge on any atom is -0.366 e. The number of hydrogen-bond acceptors (Lipinski definition) is 2. The lowest BCUT2D eigenvalue weighted by Gasteiger charge is -2.67. The number of hydrogen-bond donors (Lipinski definition) is 2. The Morgan fingerprint density at radius 3 is 2.20 bits per heavy atom. The molecule has 25 heavy (non-hydrogen) atoms.